The van der Waals surface area contributed by atoms with E-state index in [-0.39, 0.29) is 17.5 Å². The minimum atomic E-state index is 0.169. The molecule has 2 aliphatic carbocycles. The first-order chi connectivity index (χ1) is 9.36. The average molecular weight is 277 g/mol. The van der Waals surface area contributed by atoms with Crippen molar-refractivity contribution in [2.75, 3.05) is 11.2 Å². The minimum Gasteiger partial charge on any atom is -0.474 e. The van der Waals surface area contributed by atoms with Gasteiger partial charge in [-0.15, -0.1) is 0 Å². The first kappa shape index (κ1) is 13.4. The number of rotatable bonds is 3. The van der Waals surface area contributed by atoms with Gasteiger partial charge in [0.1, 0.15) is 11.9 Å². The number of hydrogen-bond acceptors (Lipinski definition) is 6. The number of hydrazine groups is 1. The van der Waals surface area contributed by atoms with E-state index in [0.29, 0.717) is 17.1 Å². The Morgan fingerprint density at radius 3 is 2.65 bits per heavy atom. The zero-order chi connectivity index (χ0) is 14.5. The highest BCUT2D eigenvalue weighted by Gasteiger charge is 2.62. The van der Waals surface area contributed by atoms with Crippen LogP contribution in [0.3, 0.4) is 0 Å². The van der Waals surface area contributed by atoms with Crippen molar-refractivity contribution >= 4 is 11.8 Å². The zero-order valence-electron chi connectivity index (χ0n) is 12.3. The van der Waals surface area contributed by atoms with E-state index in [1.165, 1.54) is 12.8 Å². The van der Waals surface area contributed by atoms with E-state index in [9.17, 15) is 0 Å². The highest BCUT2D eigenvalue weighted by atomic mass is 16.5. The van der Waals surface area contributed by atoms with Gasteiger partial charge in [0, 0.05) is 11.5 Å². The molecule has 1 heterocycles. The Labute approximate surface area is 119 Å². The maximum atomic E-state index is 6.14. The van der Waals surface area contributed by atoms with Gasteiger partial charge in [-0.2, -0.15) is 9.97 Å². The van der Waals surface area contributed by atoms with Gasteiger partial charge in [-0.3, -0.25) is 0 Å². The molecule has 3 unspecified atom stereocenters. The van der Waals surface area contributed by atoms with Gasteiger partial charge < -0.3 is 15.9 Å². The normalized spacial score (nSPS) is 34.2. The number of nitrogen functional groups attached to an aromatic ring is 2. The number of nitrogens with zero attached hydrogens (tertiary/aromatic N) is 2. The van der Waals surface area contributed by atoms with Gasteiger partial charge in [-0.1, -0.05) is 20.8 Å². The fourth-order valence-corrected chi connectivity index (χ4v) is 4.03. The van der Waals surface area contributed by atoms with Crippen LogP contribution in [0.25, 0.3) is 0 Å². The van der Waals surface area contributed by atoms with Gasteiger partial charge in [0.2, 0.25) is 11.8 Å². The van der Waals surface area contributed by atoms with E-state index >= 15 is 0 Å². The third-order valence-electron chi connectivity index (χ3n) is 5.84. The summed E-state index contributed by atoms with van der Waals surface area (Å²) in [6, 6.07) is 1.69. The molecule has 20 heavy (non-hydrogen) atoms. The maximum Gasteiger partial charge on any atom is 0.225 e. The average Bonchev–Trinajstić information content (AvgIpc) is 2.71. The molecule has 1 aromatic rings. The van der Waals surface area contributed by atoms with E-state index in [0.717, 1.165) is 12.3 Å². The van der Waals surface area contributed by atoms with Gasteiger partial charge in [-0.05, 0) is 30.6 Å². The SMILES string of the molecule is CC1(C)C2CCC1(C)C(Oc1cc(NN)nc(N)n1)C2. The first-order valence-electron chi connectivity index (χ1n) is 7.14. The summed E-state index contributed by atoms with van der Waals surface area (Å²) in [6.07, 6.45) is 3.76. The number of nitrogens with two attached hydrogens (primary N) is 2. The van der Waals surface area contributed by atoms with Crippen molar-refractivity contribution in [2.45, 2.75) is 46.1 Å². The number of ether oxygens (including phenoxy) is 1. The number of aromatic nitrogens is 2. The predicted octanol–water partition coefficient (Wildman–Crippen LogP) is 1.94. The van der Waals surface area contributed by atoms with E-state index < -0.39 is 0 Å². The standard InChI is InChI=1S/C14H23N5O/c1-13(2)8-4-5-14(13,3)9(6-8)20-11-7-10(19-16)17-12(15)18-11/h7-9H,4-6,16H2,1-3H3,(H3,15,17,18,19). The van der Waals surface area contributed by atoms with E-state index in [4.69, 9.17) is 16.3 Å². The molecule has 2 aliphatic rings. The van der Waals surface area contributed by atoms with Crippen LogP contribution in [0.15, 0.2) is 6.07 Å². The summed E-state index contributed by atoms with van der Waals surface area (Å²) in [5.41, 5.74) is 8.65. The number of fused-ring (bicyclic) bond motifs is 2. The quantitative estimate of drug-likeness (QED) is 0.577. The predicted molar refractivity (Wildman–Crippen MR) is 77.9 cm³/mol. The van der Waals surface area contributed by atoms with Gasteiger partial charge in [0.05, 0.1) is 0 Å². The molecule has 2 bridgehead atoms. The topological polar surface area (TPSA) is 99.1 Å². The van der Waals surface area contributed by atoms with Gasteiger partial charge >= 0.3 is 0 Å². The lowest BCUT2D eigenvalue weighted by molar-refractivity contribution is 0.0274. The lowest BCUT2D eigenvalue weighted by atomic mass is 9.70. The fourth-order valence-electron chi connectivity index (χ4n) is 4.03. The third-order valence-corrected chi connectivity index (χ3v) is 5.84. The molecule has 110 valence electrons. The Morgan fingerprint density at radius 2 is 2.10 bits per heavy atom. The van der Waals surface area contributed by atoms with Crippen LogP contribution in [0.2, 0.25) is 0 Å². The van der Waals surface area contributed by atoms with Crippen LogP contribution >= 0.6 is 0 Å². The first-order valence-corrected chi connectivity index (χ1v) is 7.14. The third kappa shape index (κ3) is 1.74. The summed E-state index contributed by atoms with van der Waals surface area (Å²) in [6.45, 7) is 7.04. The van der Waals surface area contributed by atoms with Crippen molar-refractivity contribution in [1.82, 2.24) is 9.97 Å². The fraction of sp³-hybridized carbons (Fsp3) is 0.714. The summed E-state index contributed by atoms with van der Waals surface area (Å²) in [7, 11) is 0. The van der Waals surface area contributed by atoms with Crippen LogP contribution < -0.4 is 21.7 Å². The summed E-state index contributed by atoms with van der Waals surface area (Å²) >= 11 is 0. The minimum absolute atomic E-state index is 0.169. The molecule has 3 rings (SSSR count). The zero-order valence-corrected chi connectivity index (χ0v) is 12.3. The Kier molecular flexibility index (Phi) is 2.83. The Morgan fingerprint density at radius 1 is 1.35 bits per heavy atom. The van der Waals surface area contributed by atoms with E-state index in [2.05, 4.69) is 36.2 Å². The second kappa shape index (κ2) is 4.22. The Bertz CT molecular complexity index is 532. The summed E-state index contributed by atoms with van der Waals surface area (Å²) in [5, 5.41) is 0. The van der Waals surface area contributed by atoms with Crippen LogP contribution in [0, 0.1) is 16.7 Å². The molecule has 5 N–H and O–H groups in total. The molecule has 6 nitrogen and oxygen atoms in total. The van der Waals surface area contributed by atoms with Gasteiger partial charge in [0.15, 0.2) is 0 Å². The van der Waals surface area contributed by atoms with E-state index in [1.54, 1.807) is 6.07 Å². The molecule has 2 saturated carbocycles. The van der Waals surface area contributed by atoms with Crippen LogP contribution in [0.1, 0.15) is 40.0 Å². The molecule has 6 heteroatoms. The molecule has 3 atom stereocenters. The molecule has 0 saturated heterocycles. The summed E-state index contributed by atoms with van der Waals surface area (Å²) in [5.74, 6) is 7.24. The van der Waals surface area contributed by atoms with Crippen molar-refractivity contribution < 1.29 is 4.74 Å². The van der Waals surface area contributed by atoms with Crippen molar-refractivity contribution in [3.8, 4) is 5.88 Å². The number of anilines is 2. The highest BCUT2D eigenvalue weighted by Crippen LogP contribution is 2.66. The molecule has 0 aromatic carbocycles. The highest BCUT2D eigenvalue weighted by molar-refractivity contribution is 5.41. The van der Waals surface area contributed by atoms with Crippen LogP contribution in [-0.4, -0.2) is 16.1 Å². The molecule has 0 radical (unpaired) electrons. The van der Waals surface area contributed by atoms with Crippen molar-refractivity contribution in [1.29, 1.82) is 0 Å². The molecule has 2 fully saturated rings. The van der Waals surface area contributed by atoms with Crippen LogP contribution in [0.5, 0.6) is 5.88 Å². The number of nitrogens with one attached hydrogen (secondary N) is 1. The Hall–Kier alpha value is -1.56. The van der Waals surface area contributed by atoms with Crippen molar-refractivity contribution in [3.05, 3.63) is 6.07 Å². The lowest BCUT2D eigenvalue weighted by Gasteiger charge is -2.38. The molecule has 1 aromatic heterocycles. The lowest BCUT2D eigenvalue weighted by Crippen LogP contribution is -2.39. The van der Waals surface area contributed by atoms with Crippen molar-refractivity contribution in [3.63, 3.8) is 0 Å². The van der Waals surface area contributed by atoms with Gasteiger partial charge in [-0.25, -0.2) is 5.84 Å². The Balaban J connectivity index is 1.85. The molecular weight excluding hydrogens is 254 g/mol. The monoisotopic (exact) mass is 277 g/mol. The molecule has 0 spiro atoms. The second-order valence-corrected chi connectivity index (χ2v) is 6.81. The molecule has 0 aliphatic heterocycles. The molecule has 0 amide bonds. The van der Waals surface area contributed by atoms with Crippen molar-refractivity contribution in [2.24, 2.45) is 22.6 Å². The van der Waals surface area contributed by atoms with Gasteiger partial charge in [0.25, 0.3) is 0 Å². The van der Waals surface area contributed by atoms with Crippen LogP contribution in [-0.2, 0) is 0 Å². The number of hydrogen-bond donors (Lipinski definition) is 3. The largest absolute Gasteiger partial charge is 0.474 e. The second-order valence-electron chi connectivity index (χ2n) is 6.81. The molecular formula is C14H23N5O. The summed E-state index contributed by atoms with van der Waals surface area (Å²) < 4.78 is 6.14. The smallest absolute Gasteiger partial charge is 0.225 e. The van der Waals surface area contributed by atoms with Crippen LogP contribution in [0.4, 0.5) is 11.8 Å². The summed E-state index contributed by atoms with van der Waals surface area (Å²) in [4.78, 5) is 8.13. The van der Waals surface area contributed by atoms with E-state index in [1.807, 2.05) is 0 Å². The maximum absolute atomic E-state index is 6.14.